The number of nitrogens with one attached hydrogen (secondary N) is 1. The third-order valence-corrected chi connectivity index (χ3v) is 3.18. The van der Waals surface area contributed by atoms with Crippen LogP contribution in [0.25, 0.3) is 0 Å². The Morgan fingerprint density at radius 3 is 2.87 bits per heavy atom. The first kappa shape index (κ1) is 16.7. The van der Waals surface area contributed by atoms with Gasteiger partial charge in [-0.05, 0) is 26.0 Å². The normalized spacial score (nSPS) is 11.8. The van der Waals surface area contributed by atoms with E-state index in [1.807, 2.05) is 0 Å². The van der Waals surface area contributed by atoms with E-state index in [2.05, 4.69) is 10.3 Å². The van der Waals surface area contributed by atoms with Crippen molar-refractivity contribution >= 4 is 5.91 Å². The summed E-state index contributed by atoms with van der Waals surface area (Å²) in [6.07, 6.45) is 0.586. The van der Waals surface area contributed by atoms with Crippen molar-refractivity contribution in [1.82, 2.24) is 14.9 Å². The van der Waals surface area contributed by atoms with Crippen molar-refractivity contribution in [2.24, 2.45) is 0 Å². The van der Waals surface area contributed by atoms with Gasteiger partial charge in [0, 0.05) is 24.8 Å². The average molecular weight is 319 g/mol. The fourth-order valence-corrected chi connectivity index (χ4v) is 1.91. The van der Waals surface area contributed by atoms with E-state index in [1.54, 1.807) is 19.1 Å². The third kappa shape index (κ3) is 4.64. The Bertz CT molecular complexity index is 745. The molecule has 0 aliphatic rings. The van der Waals surface area contributed by atoms with Gasteiger partial charge in [0.2, 0.25) is 0 Å². The highest BCUT2D eigenvalue weighted by molar-refractivity contribution is 5.80. The van der Waals surface area contributed by atoms with Crippen molar-refractivity contribution in [3.63, 3.8) is 0 Å². The Kier molecular flexibility index (Phi) is 5.46. The van der Waals surface area contributed by atoms with Crippen LogP contribution in [0.5, 0.6) is 5.75 Å². The minimum Gasteiger partial charge on any atom is -0.478 e. The van der Waals surface area contributed by atoms with E-state index in [0.717, 1.165) is 0 Å². The minimum absolute atomic E-state index is 0.0223. The maximum absolute atomic E-state index is 13.5. The molecule has 2 rings (SSSR count). The van der Waals surface area contributed by atoms with Crippen LogP contribution in [-0.4, -0.2) is 28.1 Å². The molecule has 0 bridgehead atoms. The van der Waals surface area contributed by atoms with Crippen LogP contribution in [0.4, 0.5) is 4.39 Å². The van der Waals surface area contributed by atoms with Gasteiger partial charge in [-0.15, -0.1) is 0 Å². The summed E-state index contributed by atoms with van der Waals surface area (Å²) >= 11 is 0. The standard InChI is InChI=1S/C16H18FN3O3/c1-11-9-15(21)20(10-19-11)8-7-18-16(22)12(2)23-14-6-4-3-5-13(14)17/h3-6,9-10,12H,7-8H2,1-2H3,(H,18,22). The van der Waals surface area contributed by atoms with Gasteiger partial charge < -0.3 is 10.1 Å². The molecule has 0 aliphatic heterocycles. The average Bonchev–Trinajstić information content (AvgIpc) is 2.51. The van der Waals surface area contributed by atoms with E-state index >= 15 is 0 Å². The molecule has 1 aromatic heterocycles. The monoisotopic (exact) mass is 319 g/mol. The molecule has 1 unspecified atom stereocenters. The Balaban J connectivity index is 1.84. The van der Waals surface area contributed by atoms with Gasteiger partial charge >= 0.3 is 0 Å². The second kappa shape index (κ2) is 7.53. The SMILES string of the molecule is Cc1cc(=O)n(CCNC(=O)C(C)Oc2ccccc2F)cn1. The minimum atomic E-state index is -0.847. The summed E-state index contributed by atoms with van der Waals surface area (Å²) in [6.45, 7) is 3.80. The summed E-state index contributed by atoms with van der Waals surface area (Å²) in [7, 11) is 0. The van der Waals surface area contributed by atoms with Crippen molar-refractivity contribution in [2.45, 2.75) is 26.5 Å². The lowest BCUT2D eigenvalue weighted by Crippen LogP contribution is -2.39. The predicted molar refractivity (Wildman–Crippen MR) is 82.7 cm³/mol. The molecule has 0 saturated heterocycles. The molecule has 7 heteroatoms. The van der Waals surface area contributed by atoms with E-state index in [1.165, 1.54) is 36.0 Å². The number of benzene rings is 1. The summed E-state index contributed by atoms with van der Waals surface area (Å²) in [5.41, 5.74) is 0.463. The molecule has 122 valence electrons. The number of amides is 1. The molecule has 1 amide bonds. The molecule has 2 aromatic rings. The van der Waals surface area contributed by atoms with Crippen LogP contribution >= 0.6 is 0 Å². The quantitative estimate of drug-likeness (QED) is 0.870. The van der Waals surface area contributed by atoms with Crippen molar-refractivity contribution in [2.75, 3.05) is 6.54 Å². The zero-order valence-electron chi connectivity index (χ0n) is 13.0. The first-order valence-electron chi connectivity index (χ1n) is 7.19. The van der Waals surface area contributed by atoms with Crippen molar-refractivity contribution in [3.05, 3.63) is 58.5 Å². The number of carbonyl (C=O) groups excluding carboxylic acids is 1. The molecule has 23 heavy (non-hydrogen) atoms. The number of hydrogen-bond donors (Lipinski definition) is 1. The number of aromatic nitrogens is 2. The van der Waals surface area contributed by atoms with Crippen LogP contribution in [0, 0.1) is 12.7 Å². The molecule has 0 fully saturated rings. The fourth-order valence-electron chi connectivity index (χ4n) is 1.91. The van der Waals surface area contributed by atoms with Crippen LogP contribution in [0.1, 0.15) is 12.6 Å². The second-order valence-corrected chi connectivity index (χ2v) is 5.04. The summed E-state index contributed by atoms with van der Waals surface area (Å²) in [4.78, 5) is 27.6. The van der Waals surface area contributed by atoms with Crippen LogP contribution in [-0.2, 0) is 11.3 Å². The number of halogens is 1. The van der Waals surface area contributed by atoms with Gasteiger partial charge in [0.05, 0.1) is 6.33 Å². The highest BCUT2D eigenvalue weighted by atomic mass is 19.1. The number of ether oxygens (including phenoxy) is 1. The summed E-state index contributed by atoms with van der Waals surface area (Å²) in [6, 6.07) is 7.30. The van der Waals surface area contributed by atoms with Crippen LogP contribution in [0.3, 0.4) is 0 Å². The van der Waals surface area contributed by atoms with E-state index < -0.39 is 11.9 Å². The van der Waals surface area contributed by atoms with Crippen LogP contribution in [0.2, 0.25) is 0 Å². The van der Waals surface area contributed by atoms with Crippen molar-refractivity contribution in [3.8, 4) is 5.75 Å². The Morgan fingerprint density at radius 2 is 2.17 bits per heavy atom. The zero-order valence-corrected chi connectivity index (χ0v) is 13.0. The number of carbonyl (C=O) groups is 1. The van der Waals surface area contributed by atoms with E-state index in [0.29, 0.717) is 12.2 Å². The molecule has 1 N–H and O–H groups in total. The Labute approximate surface area is 132 Å². The predicted octanol–water partition coefficient (Wildman–Crippen LogP) is 1.27. The van der Waals surface area contributed by atoms with Gasteiger partial charge in [0.15, 0.2) is 17.7 Å². The number of hydrogen-bond acceptors (Lipinski definition) is 4. The number of para-hydroxylation sites is 1. The summed E-state index contributed by atoms with van der Waals surface area (Å²) < 4.78 is 20.1. The van der Waals surface area contributed by atoms with Gasteiger partial charge in [-0.2, -0.15) is 0 Å². The first-order valence-corrected chi connectivity index (χ1v) is 7.19. The molecule has 1 atom stereocenters. The number of aryl methyl sites for hydroxylation is 1. The maximum Gasteiger partial charge on any atom is 0.260 e. The van der Waals surface area contributed by atoms with Crippen LogP contribution < -0.4 is 15.6 Å². The smallest absolute Gasteiger partial charge is 0.260 e. The molecular formula is C16H18FN3O3. The lowest BCUT2D eigenvalue weighted by molar-refractivity contribution is -0.127. The molecule has 0 radical (unpaired) electrons. The highest BCUT2D eigenvalue weighted by Crippen LogP contribution is 2.16. The van der Waals surface area contributed by atoms with Gasteiger partial charge in [0.1, 0.15) is 0 Å². The first-order chi connectivity index (χ1) is 11.0. The van der Waals surface area contributed by atoms with Gasteiger partial charge in [-0.25, -0.2) is 9.37 Å². The lowest BCUT2D eigenvalue weighted by Gasteiger charge is -2.15. The van der Waals surface area contributed by atoms with E-state index in [-0.39, 0.29) is 23.8 Å². The molecule has 1 heterocycles. The second-order valence-electron chi connectivity index (χ2n) is 5.04. The fraction of sp³-hybridized carbons (Fsp3) is 0.312. The largest absolute Gasteiger partial charge is 0.478 e. The van der Waals surface area contributed by atoms with Crippen molar-refractivity contribution < 1.29 is 13.9 Å². The van der Waals surface area contributed by atoms with E-state index in [9.17, 15) is 14.0 Å². The Hall–Kier alpha value is -2.70. The highest BCUT2D eigenvalue weighted by Gasteiger charge is 2.15. The van der Waals surface area contributed by atoms with Gasteiger partial charge in [-0.1, -0.05) is 12.1 Å². The van der Waals surface area contributed by atoms with Gasteiger partial charge in [0.25, 0.3) is 11.5 Å². The maximum atomic E-state index is 13.5. The third-order valence-electron chi connectivity index (χ3n) is 3.18. The number of rotatable bonds is 6. The Morgan fingerprint density at radius 1 is 1.43 bits per heavy atom. The van der Waals surface area contributed by atoms with E-state index in [4.69, 9.17) is 4.74 Å². The molecule has 0 aliphatic carbocycles. The molecule has 0 spiro atoms. The topological polar surface area (TPSA) is 73.2 Å². The number of nitrogens with zero attached hydrogens (tertiary/aromatic N) is 2. The summed E-state index contributed by atoms with van der Waals surface area (Å²) in [5, 5.41) is 2.64. The summed E-state index contributed by atoms with van der Waals surface area (Å²) in [5.74, 6) is -0.889. The van der Waals surface area contributed by atoms with Gasteiger partial charge in [-0.3, -0.25) is 14.2 Å². The molecule has 1 aromatic carbocycles. The lowest BCUT2D eigenvalue weighted by atomic mass is 10.3. The molecule has 6 nitrogen and oxygen atoms in total. The molecule has 0 saturated carbocycles. The van der Waals surface area contributed by atoms with Crippen LogP contribution in [0.15, 0.2) is 41.5 Å². The van der Waals surface area contributed by atoms with Crippen molar-refractivity contribution in [1.29, 1.82) is 0 Å². The zero-order chi connectivity index (χ0) is 16.8. The molecular weight excluding hydrogens is 301 g/mol.